The molecule has 5 nitrogen and oxygen atoms in total. The van der Waals surface area contributed by atoms with Gasteiger partial charge in [0.05, 0.1) is 16.9 Å². The van der Waals surface area contributed by atoms with Gasteiger partial charge < -0.3 is 9.88 Å². The van der Waals surface area contributed by atoms with Crippen LogP contribution in [-0.2, 0) is 0 Å². The third-order valence-electron chi connectivity index (χ3n) is 3.90. The van der Waals surface area contributed by atoms with Gasteiger partial charge in [0, 0.05) is 13.1 Å². The molecule has 1 aromatic heterocycles. The zero-order valence-electron chi connectivity index (χ0n) is 10.9. The van der Waals surface area contributed by atoms with Gasteiger partial charge in [-0.25, -0.2) is 4.79 Å². The molecule has 2 heterocycles. The second kappa shape index (κ2) is 4.66. The third kappa shape index (κ3) is 2.00. The Kier molecular flexibility index (Phi) is 2.98. The molecule has 0 saturated carbocycles. The molecule has 19 heavy (non-hydrogen) atoms. The van der Waals surface area contributed by atoms with Gasteiger partial charge in [-0.05, 0) is 25.1 Å². The molecule has 1 saturated heterocycles. The Hall–Kier alpha value is -1.88. The van der Waals surface area contributed by atoms with Crippen LogP contribution in [0.25, 0.3) is 10.9 Å². The van der Waals surface area contributed by atoms with Crippen molar-refractivity contribution in [2.24, 2.45) is 0 Å². The maximum Gasteiger partial charge on any atom is 0.329 e. The predicted octanol–water partition coefficient (Wildman–Crippen LogP) is 0.956. The first-order valence-corrected chi connectivity index (χ1v) is 6.66. The van der Waals surface area contributed by atoms with Crippen LogP contribution in [0.5, 0.6) is 0 Å². The maximum absolute atomic E-state index is 12.5. The molecule has 1 fully saturated rings. The number of aromatic amines is 1. The zero-order chi connectivity index (χ0) is 13.4. The van der Waals surface area contributed by atoms with E-state index in [1.165, 1.54) is 4.57 Å². The van der Waals surface area contributed by atoms with Gasteiger partial charge in [-0.15, -0.1) is 0 Å². The van der Waals surface area contributed by atoms with E-state index in [2.05, 4.69) is 16.8 Å². The van der Waals surface area contributed by atoms with Crippen molar-refractivity contribution in [3.63, 3.8) is 0 Å². The molecule has 100 valence electrons. The molecule has 3 rings (SSSR count). The van der Waals surface area contributed by atoms with Crippen LogP contribution in [0, 0.1) is 0 Å². The summed E-state index contributed by atoms with van der Waals surface area (Å²) < 4.78 is 1.39. The summed E-state index contributed by atoms with van der Waals surface area (Å²) in [6, 6.07) is 7.14. The topological polar surface area (TPSA) is 58.1 Å². The molecule has 0 spiro atoms. The molecule has 1 aliphatic heterocycles. The van der Waals surface area contributed by atoms with E-state index in [1.54, 1.807) is 12.1 Å². The van der Waals surface area contributed by atoms with Crippen molar-refractivity contribution in [1.82, 2.24) is 14.5 Å². The summed E-state index contributed by atoms with van der Waals surface area (Å²) in [5.41, 5.74) is 0.132. The summed E-state index contributed by atoms with van der Waals surface area (Å²) in [6.07, 6.45) is 0.856. The molecule has 1 aromatic carbocycles. The van der Waals surface area contributed by atoms with Gasteiger partial charge in [0.1, 0.15) is 0 Å². The van der Waals surface area contributed by atoms with Crippen LogP contribution in [0.15, 0.2) is 33.9 Å². The smallest absolute Gasteiger partial charge is 0.307 e. The molecule has 2 aromatic rings. The van der Waals surface area contributed by atoms with E-state index in [-0.39, 0.29) is 17.3 Å². The van der Waals surface area contributed by atoms with Crippen LogP contribution >= 0.6 is 0 Å². The van der Waals surface area contributed by atoms with E-state index >= 15 is 0 Å². The molecule has 1 unspecified atom stereocenters. The molecule has 5 heteroatoms. The third-order valence-corrected chi connectivity index (χ3v) is 3.90. The standard InChI is InChI=1S/C14H17N3O2/c1-2-16-8-7-10(9-16)17-13(18)11-5-3-4-6-12(11)15-14(17)19/h3-6,10H,2,7-9H2,1H3,(H,15,19). The average Bonchev–Trinajstić information content (AvgIpc) is 2.87. The Labute approximate surface area is 110 Å². The highest BCUT2D eigenvalue weighted by atomic mass is 16.2. The monoisotopic (exact) mass is 259 g/mol. The van der Waals surface area contributed by atoms with Crippen molar-refractivity contribution >= 4 is 10.9 Å². The number of aromatic nitrogens is 2. The van der Waals surface area contributed by atoms with E-state index in [9.17, 15) is 9.59 Å². The Morgan fingerprint density at radius 2 is 2.11 bits per heavy atom. The van der Waals surface area contributed by atoms with Gasteiger partial charge >= 0.3 is 5.69 Å². The van der Waals surface area contributed by atoms with Crippen LogP contribution in [0.2, 0.25) is 0 Å². The minimum absolute atomic E-state index is 0.0131. The number of nitrogens with zero attached hydrogens (tertiary/aromatic N) is 2. The molecule has 0 amide bonds. The highest BCUT2D eigenvalue weighted by molar-refractivity contribution is 5.76. The molecule has 1 N–H and O–H groups in total. The number of likely N-dealkylation sites (tertiary alicyclic amines) is 1. The number of nitrogens with one attached hydrogen (secondary N) is 1. The van der Waals surface area contributed by atoms with Crippen LogP contribution in [0.4, 0.5) is 0 Å². The number of fused-ring (bicyclic) bond motifs is 1. The number of benzene rings is 1. The average molecular weight is 259 g/mol. The highest BCUT2D eigenvalue weighted by Gasteiger charge is 2.25. The van der Waals surface area contributed by atoms with E-state index in [0.717, 1.165) is 26.1 Å². The number of hydrogen-bond acceptors (Lipinski definition) is 3. The largest absolute Gasteiger partial charge is 0.329 e. The summed E-state index contributed by atoms with van der Waals surface area (Å²) in [6.45, 7) is 4.77. The van der Waals surface area contributed by atoms with Crippen molar-refractivity contribution in [3.05, 3.63) is 45.1 Å². The first-order chi connectivity index (χ1) is 9.20. The Morgan fingerprint density at radius 3 is 2.84 bits per heavy atom. The molecular formula is C14H17N3O2. The summed E-state index contributed by atoms with van der Waals surface area (Å²) in [5, 5.41) is 0.581. The van der Waals surface area contributed by atoms with Crippen LogP contribution in [-0.4, -0.2) is 34.1 Å². The lowest BCUT2D eigenvalue weighted by Crippen LogP contribution is -2.39. The quantitative estimate of drug-likeness (QED) is 0.873. The van der Waals surface area contributed by atoms with Crippen molar-refractivity contribution in [3.8, 4) is 0 Å². The van der Waals surface area contributed by atoms with Crippen molar-refractivity contribution in [2.45, 2.75) is 19.4 Å². The summed E-state index contributed by atoms with van der Waals surface area (Å²) in [7, 11) is 0. The van der Waals surface area contributed by atoms with Crippen LogP contribution < -0.4 is 11.2 Å². The fourth-order valence-corrected chi connectivity index (χ4v) is 2.82. The second-order valence-electron chi connectivity index (χ2n) is 4.99. The fourth-order valence-electron chi connectivity index (χ4n) is 2.82. The lowest BCUT2D eigenvalue weighted by Gasteiger charge is -2.15. The number of likely N-dealkylation sites (N-methyl/N-ethyl adjacent to an activating group) is 1. The van der Waals surface area contributed by atoms with Gasteiger partial charge in [-0.2, -0.15) is 0 Å². The Morgan fingerprint density at radius 1 is 1.32 bits per heavy atom. The minimum Gasteiger partial charge on any atom is -0.307 e. The van der Waals surface area contributed by atoms with Gasteiger partial charge in [0.2, 0.25) is 0 Å². The normalized spacial score (nSPS) is 20.2. The van der Waals surface area contributed by atoms with Gasteiger partial charge in [-0.3, -0.25) is 9.36 Å². The SMILES string of the molecule is CCN1CCC(n2c(=O)[nH]c3ccccc3c2=O)C1. The summed E-state index contributed by atoms with van der Waals surface area (Å²) in [5.74, 6) is 0. The van der Waals surface area contributed by atoms with Crippen LogP contribution in [0.3, 0.4) is 0 Å². The number of hydrogen-bond donors (Lipinski definition) is 1. The molecule has 1 aliphatic rings. The first-order valence-electron chi connectivity index (χ1n) is 6.66. The molecule has 0 aliphatic carbocycles. The summed E-state index contributed by atoms with van der Waals surface area (Å²) in [4.78, 5) is 29.6. The van der Waals surface area contributed by atoms with Gasteiger partial charge in [0.25, 0.3) is 5.56 Å². The lowest BCUT2D eigenvalue weighted by molar-refractivity contribution is 0.338. The van der Waals surface area contributed by atoms with Gasteiger partial charge in [-0.1, -0.05) is 19.1 Å². The lowest BCUT2D eigenvalue weighted by atomic mass is 10.2. The van der Waals surface area contributed by atoms with Crippen molar-refractivity contribution in [2.75, 3.05) is 19.6 Å². The van der Waals surface area contributed by atoms with Crippen LogP contribution in [0.1, 0.15) is 19.4 Å². The Bertz CT molecular complexity index is 716. The molecule has 0 bridgehead atoms. The maximum atomic E-state index is 12.5. The predicted molar refractivity (Wildman–Crippen MR) is 74.6 cm³/mol. The van der Waals surface area contributed by atoms with E-state index in [1.807, 2.05) is 12.1 Å². The number of rotatable bonds is 2. The number of H-pyrrole nitrogens is 1. The van der Waals surface area contributed by atoms with Crippen molar-refractivity contribution < 1.29 is 0 Å². The number of para-hydroxylation sites is 1. The van der Waals surface area contributed by atoms with Gasteiger partial charge in [0.15, 0.2) is 0 Å². The van der Waals surface area contributed by atoms with E-state index in [0.29, 0.717) is 10.9 Å². The molecule has 0 radical (unpaired) electrons. The van der Waals surface area contributed by atoms with Crippen molar-refractivity contribution in [1.29, 1.82) is 0 Å². The second-order valence-corrected chi connectivity index (χ2v) is 4.99. The minimum atomic E-state index is -0.299. The summed E-state index contributed by atoms with van der Waals surface area (Å²) >= 11 is 0. The fraction of sp³-hybridized carbons (Fsp3) is 0.429. The molecule has 1 atom stereocenters. The highest BCUT2D eigenvalue weighted by Crippen LogP contribution is 2.18. The molecular weight excluding hydrogens is 242 g/mol. The van der Waals surface area contributed by atoms with E-state index < -0.39 is 0 Å². The Balaban J connectivity index is 2.14. The van der Waals surface area contributed by atoms with E-state index in [4.69, 9.17) is 0 Å². The first kappa shape index (κ1) is 12.2. The zero-order valence-corrected chi connectivity index (χ0v) is 10.9.